The number of hydrogen-bond donors (Lipinski definition) is 1. The Balaban J connectivity index is 1.71. The number of hydrogen-bond acceptors (Lipinski definition) is 5. The van der Waals surface area contributed by atoms with Gasteiger partial charge in [-0.2, -0.15) is 0 Å². The highest BCUT2D eigenvalue weighted by Gasteiger charge is 2.21. The molecule has 1 aliphatic heterocycles. The molecule has 2 heterocycles. The Hall–Kier alpha value is -1.89. The first-order valence-corrected chi connectivity index (χ1v) is 10.2. The van der Waals surface area contributed by atoms with Crippen molar-refractivity contribution < 1.29 is 4.79 Å². The quantitative estimate of drug-likeness (QED) is 0.767. The van der Waals surface area contributed by atoms with Crippen LogP contribution in [0.25, 0.3) is 0 Å². The maximum atomic E-state index is 12.8. The van der Waals surface area contributed by atoms with Crippen LogP contribution in [-0.2, 0) is 0 Å². The second-order valence-corrected chi connectivity index (χ2v) is 8.00. The minimum Gasteiger partial charge on any atom is -0.349 e. The van der Waals surface area contributed by atoms with Crippen LogP contribution in [-0.4, -0.2) is 54.5 Å². The maximum absolute atomic E-state index is 12.8. The number of nitrogens with zero attached hydrogens (tertiary/aromatic N) is 4. The van der Waals surface area contributed by atoms with Crippen molar-refractivity contribution in [3.05, 3.63) is 51.8 Å². The molecule has 0 saturated carbocycles. The molecule has 1 aromatic heterocycles. The number of likely N-dealkylation sites (N-methyl/N-ethyl adjacent to an activating group) is 1. The standard InChI is InChI=1S/C20H25Cl2N5O/c1-26(2)17(14-6-8-15(21)9-7-14)13-23-19(28)18-16(22)12-24-20(25-18)27-10-4-3-5-11-27/h6-9,12,17H,3-5,10-11,13H2,1-2H3,(H,23,28)/t17-/m1/s1. The number of benzene rings is 1. The summed E-state index contributed by atoms with van der Waals surface area (Å²) in [6, 6.07) is 7.63. The topological polar surface area (TPSA) is 61.4 Å². The summed E-state index contributed by atoms with van der Waals surface area (Å²) in [5.74, 6) is 0.266. The van der Waals surface area contributed by atoms with Gasteiger partial charge in [-0.1, -0.05) is 35.3 Å². The molecule has 0 spiro atoms. The Kier molecular flexibility index (Phi) is 7.10. The number of carbonyl (C=O) groups is 1. The molecule has 3 rings (SSSR count). The van der Waals surface area contributed by atoms with Gasteiger partial charge in [0.2, 0.25) is 5.95 Å². The van der Waals surface area contributed by atoms with E-state index >= 15 is 0 Å². The summed E-state index contributed by atoms with van der Waals surface area (Å²) in [5, 5.41) is 3.90. The normalized spacial score (nSPS) is 15.5. The van der Waals surface area contributed by atoms with Crippen LogP contribution in [0.5, 0.6) is 0 Å². The lowest BCUT2D eigenvalue weighted by molar-refractivity contribution is 0.0937. The Bertz CT molecular complexity index is 807. The van der Waals surface area contributed by atoms with Gasteiger partial charge in [0.15, 0.2) is 5.69 Å². The summed E-state index contributed by atoms with van der Waals surface area (Å²) in [4.78, 5) is 25.7. The molecular weight excluding hydrogens is 397 g/mol. The Morgan fingerprint density at radius 1 is 1.18 bits per heavy atom. The minimum atomic E-state index is -0.300. The Morgan fingerprint density at radius 3 is 2.50 bits per heavy atom. The largest absolute Gasteiger partial charge is 0.349 e. The van der Waals surface area contributed by atoms with Gasteiger partial charge >= 0.3 is 0 Å². The molecule has 28 heavy (non-hydrogen) atoms. The number of aromatic nitrogens is 2. The van der Waals surface area contributed by atoms with Crippen LogP contribution >= 0.6 is 23.2 Å². The zero-order valence-electron chi connectivity index (χ0n) is 16.2. The molecule has 1 N–H and O–H groups in total. The van der Waals surface area contributed by atoms with E-state index in [4.69, 9.17) is 23.2 Å². The third-order valence-corrected chi connectivity index (χ3v) is 5.45. The number of piperidine rings is 1. The fraction of sp³-hybridized carbons (Fsp3) is 0.450. The molecular formula is C20H25Cl2N5O. The van der Waals surface area contributed by atoms with Crippen LogP contribution in [0, 0.1) is 0 Å². The van der Waals surface area contributed by atoms with Gasteiger partial charge in [0, 0.05) is 24.7 Å². The van der Waals surface area contributed by atoms with Gasteiger partial charge in [0.25, 0.3) is 5.91 Å². The number of nitrogens with one attached hydrogen (secondary N) is 1. The van der Waals surface area contributed by atoms with Crippen molar-refractivity contribution >= 4 is 35.1 Å². The molecule has 8 heteroatoms. The molecule has 1 aliphatic rings. The molecule has 1 fully saturated rings. The molecule has 2 aromatic rings. The van der Waals surface area contributed by atoms with E-state index in [1.54, 1.807) is 0 Å². The average molecular weight is 422 g/mol. The molecule has 0 radical (unpaired) electrons. The highest BCUT2D eigenvalue weighted by Crippen LogP contribution is 2.22. The molecule has 1 amide bonds. The van der Waals surface area contributed by atoms with Crippen LogP contribution in [0.3, 0.4) is 0 Å². The Labute approximate surface area is 175 Å². The maximum Gasteiger partial charge on any atom is 0.271 e. The predicted octanol–water partition coefficient (Wildman–Crippen LogP) is 3.81. The first-order valence-electron chi connectivity index (χ1n) is 9.43. The first-order chi connectivity index (χ1) is 13.5. The molecule has 6 nitrogen and oxygen atoms in total. The summed E-state index contributed by atoms with van der Waals surface area (Å²) in [7, 11) is 3.94. The van der Waals surface area contributed by atoms with E-state index in [1.165, 1.54) is 12.6 Å². The van der Waals surface area contributed by atoms with Crippen LogP contribution in [0.4, 0.5) is 5.95 Å². The van der Waals surface area contributed by atoms with E-state index in [1.807, 2.05) is 43.3 Å². The summed E-state index contributed by atoms with van der Waals surface area (Å²) < 4.78 is 0. The van der Waals surface area contributed by atoms with Crippen molar-refractivity contribution in [3.63, 3.8) is 0 Å². The fourth-order valence-corrected chi connectivity index (χ4v) is 3.62. The van der Waals surface area contributed by atoms with E-state index in [-0.39, 0.29) is 22.7 Å². The van der Waals surface area contributed by atoms with Crippen molar-refractivity contribution in [2.45, 2.75) is 25.3 Å². The highest BCUT2D eigenvalue weighted by molar-refractivity contribution is 6.33. The van der Waals surface area contributed by atoms with Gasteiger partial charge in [-0.15, -0.1) is 0 Å². The van der Waals surface area contributed by atoms with Crippen molar-refractivity contribution in [2.75, 3.05) is 38.6 Å². The van der Waals surface area contributed by atoms with Crippen LogP contribution in [0.2, 0.25) is 10.0 Å². The van der Waals surface area contributed by atoms with Crippen LogP contribution in [0.1, 0.15) is 41.4 Å². The van der Waals surface area contributed by atoms with Gasteiger partial charge in [0.1, 0.15) is 0 Å². The van der Waals surface area contributed by atoms with Crippen molar-refractivity contribution in [2.24, 2.45) is 0 Å². The number of rotatable bonds is 6. The van der Waals surface area contributed by atoms with Crippen molar-refractivity contribution in [1.29, 1.82) is 0 Å². The minimum absolute atomic E-state index is 0.00314. The number of halogens is 2. The smallest absolute Gasteiger partial charge is 0.271 e. The number of amides is 1. The third-order valence-electron chi connectivity index (χ3n) is 4.92. The summed E-state index contributed by atoms with van der Waals surface area (Å²) in [6.45, 7) is 2.23. The van der Waals surface area contributed by atoms with Gasteiger partial charge in [0.05, 0.1) is 17.3 Å². The van der Waals surface area contributed by atoms with Gasteiger partial charge in [-0.05, 0) is 51.1 Å². The van der Waals surface area contributed by atoms with Gasteiger partial charge in [-0.25, -0.2) is 9.97 Å². The summed E-state index contributed by atoms with van der Waals surface area (Å²) in [6.07, 6.45) is 4.95. The van der Waals surface area contributed by atoms with Crippen LogP contribution < -0.4 is 10.2 Å². The van der Waals surface area contributed by atoms with Gasteiger partial charge in [-0.3, -0.25) is 4.79 Å². The van der Waals surface area contributed by atoms with Crippen molar-refractivity contribution in [3.8, 4) is 0 Å². The number of anilines is 1. The third kappa shape index (κ3) is 5.13. The highest BCUT2D eigenvalue weighted by atomic mass is 35.5. The lowest BCUT2D eigenvalue weighted by Gasteiger charge is -2.27. The first kappa shape index (κ1) is 20.8. The number of carbonyl (C=O) groups excluding carboxylic acids is 1. The zero-order valence-corrected chi connectivity index (χ0v) is 17.7. The molecule has 150 valence electrons. The van der Waals surface area contributed by atoms with Crippen LogP contribution in [0.15, 0.2) is 30.5 Å². The molecule has 1 saturated heterocycles. The molecule has 1 aromatic carbocycles. The Morgan fingerprint density at radius 2 is 1.86 bits per heavy atom. The van der Waals surface area contributed by atoms with Gasteiger partial charge < -0.3 is 15.1 Å². The second kappa shape index (κ2) is 9.54. The molecule has 0 unspecified atom stereocenters. The predicted molar refractivity (Wildman–Crippen MR) is 113 cm³/mol. The van der Waals surface area contributed by atoms with E-state index in [0.29, 0.717) is 17.5 Å². The molecule has 0 bridgehead atoms. The SMILES string of the molecule is CN(C)[C@H](CNC(=O)c1nc(N2CCCCC2)ncc1Cl)c1ccc(Cl)cc1. The molecule has 0 aliphatic carbocycles. The van der Waals surface area contributed by atoms with E-state index < -0.39 is 0 Å². The monoisotopic (exact) mass is 421 g/mol. The molecule has 1 atom stereocenters. The average Bonchev–Trinajstić information content (AvgIpc) is 2.70. The zero-order chi connectivity index (χ0) is 20.1. The second-order valence-electron chi connectivity index (χ2n) is 7.16. The lowest BCUT2D eigenvalue weighted by Crippen LogP contribution is -2.36. The van der Waals surface area contributed by atoms with E-state index in [2.05, 4.69) is 20.2 Å². The lowest BCUT2D eigenvalue weighted by atomic mass is 10.1. The van der Waals surface area contributed by atoms with E-state index in [0.717, 1.165) is 31.5 Å². The summed E-state index contributed by atoms with van der Waals surface area (Å²) >= 11 is 12.2. The summed E-state index contributed by atoms with van der Waals surface area (Å²) in [5.41, 5.74) is 1.28. The van der Waals surface area contributed by atoms with E-state index in [9.17, 15) is 4.79 Å². The van der Waals surface area contributed by atoms with Crippen molar-refractivity contribution in [1.82, 2.24) is 20.2 Å². The fourth-order valence-electron chi connectivity index (χ4n) is 3.32.